The van der Waals surface area contributed by atoms with Gasteiger partial charge < -0.3 is 25.0 Å². The molecule has 0 spiro atoms. The van der Waals surface area contributed by atoms with Crippen molar-refractivity contribution in [3.8, 4) is 22.8 Å². The zero-order chi connectivity index (χ0) is 40.7. The number of fused-ring (bicyclic) bond motifs is 3. The van der Waals surface area contributed by atoms with Crippen molar-refractivity contribution in [3.05, 3.63) is 96.8 Å². The number of hydrogen-bond donors (Lipinski definition) is 3. The van der Waals surface area contributed by atoms with E-state index >= 15 is 0 Å². The monoisotopic (exact) mass is 809 g/mol. The van der Waals surface area contributed by atoms with Crippen molar-refractivity contribution in [3.63, 3.8) is 0 Å². The molecule has 0 unspecified atom stereocenters. The van der Waals surface area contributed by atoms with Gasteiger partial charge in [-0.1, -0.05) is 61.4 Å². The lowest BCUT2D eigenvalue weighted by molar-refractivity contribution is -0.140. The van der Waals surface area contributed by atoms with E-state index in [9.17, 15) is 27.2 Å². The molecule has 58 heavy (non-hydrogen) atoms. The number of ether oxygens (including phenoxy) is 2. The molecule has 1 aromatic heterocycles. The molecule has 0 bridgehead atoms. The highest BCUT2D eigenvalue weighted by Gasteiger charge is 2.63. The largest absolute Gasteiger partial charge is 0.497 e. The number of carbonyl (C=O) groups excluding carboxylic acids is 3. The van der Waals surface area contributed by atoms with Crippen LogP contribution in [0.25, 0.3) is 22.2 Å². The summed E-state index contributed by atoms with van der Waals surface area (Å²) in [6.45, 7) is 1.63. The van der Waals surface area contributed by atoms with Crippen LogP contribution in [0.3, 0.4) is 0 Å². The van der Waals surface area contributed by atoms with Crippen molar-refractivity contribution < 1.29 is 36.7 Å². The number of methoxy groups -OCH3 is 1. The lowest BCUT2D eigenvalue weighted by atomic mass is 10.0. The maximum absolute atomic E-state index is 14.8. The van der Waals surface area contributed by atoms with Crippen LogP contribution in [-0.2, 0) is 24.4 Å². The summed E-state index contributed by atoms with van der Waals surface area (Å²) in [5.74, 6) is -1.50. The molecule has 1 saturated heterocycles. The van der Waals surface area contributed by atoms with Crippen LogP contribution < -0.4 is 24.8 Å². The number of halogens is 1. The second kappa shape index (κ2) is 15.7. The van der Waals surface area contributed by atoms with Crippen molar-refractivity contribution in [2.45, 2.75) is 93.2 Å². The number of carbonyl (C=O) groups is 3. The highest BCUT2D eigenvalue weighted by Crippen LogP contribution is 2.47. The first kappa shape index (κ1) is 39.3. The summed E-state index contributed by atoms with van der Waals surface area (Å²) in [7, 11) is -2.41. The molecule has 3 fully saturated rings. The lowest BCUT2D eigenvalue weighted by Crippen LogP contribution is -2.58. The molecule has 2 aliphatic carbocycles. The Labute approximate surface area is 337 Å². The van der Waals surface area contributed by atoms with E-state index in [0.717, 1.165) is 18.4 Å². The van der Waals surface area contributed by atoms with Crippen molar-refractivity contribution in [2.75, 3.05) is 19.0 Å². The van der Waals surface area contributed by atoms with E-state index in [1.165, 1.54) is 17.0 Å². The van der Waals surface area contributed by atoms with Gasteiger partial charge in [-0.25, -0.2) is 17.8 Å². The summed E-state index contributed by atoms with van der Waals surface area (Å²) >= 11 is 0. The summed E-state index contributed by atoms with van der Waals surface area (Å²) in [5.41, 5.74) is 1.08. The minimum Gasteiger partial charge on any atom is -0.497 e. The quantitative estimate of drug-likeness (QED) is 0.166. The number of rotatable bonds is 9. The number of nitrogens with one attached hydrogen (secondary N) is 3. The summed E-state index contributed by atoms with van der Waals surface area (Å²) in [6.07, 6.45) is 7.83. The zero-order valence-electron chi connectivity index (χ0n) is 32.6. The van der Waals surface area contributed by atoms with Crippen molar-refractivity contribution >= 4 is 44.3 Å². The normalized spacial score (nSPS) is 25.7. The Morgan fingerprint density at radius 1 is 1.00 bits per heavy atom. The molecule has 3 aromatic carbocycles. The predicted octanol–water partition coefficient (Wildman–Crippen LogP) is 6.27. The maximum Gasteiger partial charge on any atom is 0.259 e. The van der Waals surface area contributed by atoms with E-state index in [0.29, 0.717) is 65.9 Å². The molecule has 2 aliphatic heterocycles. The average molecular weight is 810 g/mol. The van der Waals surface area contributed by atoms with Crippen LogP contribution in [0.2, 0.25) is 0 Å². The Morgan fingerprint density at radius 2 is 1.81 bits per heavy atom. The van der Waals surface area contributed by atoms with E-state index in [2.05, 4.69) is 15.4 Å². The molecule has 4 aromatic rings. The van der Waals surface area contributed by atoms with Crippen molar-refractivity contribution in [1.82, 2.24) is 19.9 Å². The molecule has 12 nitrogen and oxygen atoms in total. The highest BCUT2D eigenvalue weighted by atomic mass is 32.2. The second-order valence-corrected chi connectivity index (χ2v) is 18.4. The molecule has 3 amide bonds. The fourth-order valence-electron chi connectivity index (χ4n) is 8.06. The van der Waals surface area contributed by atoms with E-state index in [1.54, 1.807) is 26.2 Å². The molecule has 3 heterocycles. The highest BCUT2D eigenvalue weighted by molar-refractivity contribution is 7.91. The summed E-state index contributed by atoms with van der Waals surface area (Å²) < 4.78 is 54.3. The predicted molar refractivity (Wildman–Crippen MR) is 218 cm³/mol. The van der Waals surface area contributed by atoms with E-state index in [4.69, 9.17) is 14.5 Å². The Kier molecular flexibility index (Phi) is 10.6. The first-order valence-electron chi connectivity index (χ1n) is 20.0. The molecule has 14 heteroatoms. The Hall–Kier alpha value is -5.50. The topological polar surface area (TPSA) is 156 Å². The number of aromatic nitrogens is 1. The minimum absolute atomic E-state index is 0.0359. The number of hydrogen-bond acceptors (Lipinski definition) is 9. The Balaban J connectivity index is 1.14. The number of benzene rings is 3. The van der Waals surface area contributed by atoms with Gasteiger partial charge in [-0.3, -0.25) is 19.1 Å². The summed E-state index contributed by atoms with van der Waals surface area (Å²) in [6, 6.07) is 21.0. The number of nitrogens with zero attached hydrogens (tertiary/aromatic N) is 2. The molecular weight excluding hydrogens is 762 g/mol. The van der Waals surface area contributed by atoms with E-state index < -0.39 is 62.0 Å². The third-order valence-corrected chi connectivity index (χ3v) is 14.1. The molecule has 304 valence electrons. The third-order valence-electron chi connectivity index (χ3n) is 12.0. The average Bonchev–Trinajstić information content (AvgIpc) is 4.09. The molecular formula is C44H48FN5O7S. The molecule has 4 aliphatic rings. The van der Waals surface area contributed by atoms with Crippen LogP contribution in [-0.4, -0.2) is 78.2 Å². The van der Waals surface area contributed by atoms with Crippen LogP contribution in [0, 0.1) is 11.7 Å². The molecule has 8 rings (SSSR count). The smallest absolute Gasteiger partial charge is 0.259 e. The van der Waals surface area contributed by atoms with Gasteiger partial charge in [0.15, 0.2) is 0 Å². The van der Waals surface area contributed by atoms with Crippen LogP contribution >= 0.6 is 0 Å². The summed E-state index contributed by atoms with van der Waals surface area (Å²) in [4.78, 5) is 49.7. The van der Waals surface area contributed by atoms with Crippen LogP contribution in [0.1, 0.15) is 64.7 Å². The first-order chi connectivity index (χ1) is 27.9. The molecule has 2 saturated carbocycles. The first-order valence-corrected chi connectivity index (χ1v) is 21.5. The van der Waals surface area contributed by atoms with Gasteiger partial charge in [0.1, 0.15) is 41.0 Å². The number of amides is 3. The van der Waals surface area contributed by atoms with Gasteiger partial charge in [-0.2, -0.15) is 0 Å². The molecule has 5 atom stereocenters. The van der Waals surface area contributed by atoms with Gasteiger partial charge in [-0.15, -0.1) is 0 Å². The number of allylic oxidation sites excluding steroid dienone is 1. The molecule has 3 N–H and O–H groups in total. The Morgan fingerprint density at radius 3 is 2.57 bits per heavy atom. The van der Waals surface area contributed by atoms with Crippen LogP contribution in [0.4, 0.5) is 10.1 Å². The van der Waals surface area contributed by atoms with E-state index in [-0.39, 0.29) is 25.3 Å². The van der Waals surface area contributed by atoms with Gasteiger partial charge in [-0.05, 0) is 75.8 Å². The number of pyridine rings is 1. The van der Waals surface area contributed by atoms with Crippen molar-refractivity contribution in [1.29, 1.82) is 0 Å². The van der Waals surface area contributed by atoms with E-state index in [1.807, 2.05) is 66.7 Å². The number of sulfonamides is 1. The maximum atomic E-state index is 14.8. The van der Waals surface area contributed by atoms with Gasteiger partial charge >= 0.3 is 0 Å². The van der Waals surface area contributed by atoms with Gasteiger partial charge in [0.2, 0.25) is 21.8 Å². The fourth-order valence-corrected chi connectivity index (χ4v) is 9.38. The SMILES string of the molecule is COc1ccc2c(O[C@@H]3C[C@H]4C(=O)N[C@]5(C(=O)NS(=O)(=O)C6(C)CC6)C[C@H]5C=CCCCCC[C@H](Nc5cccc(F)c5)C(=O)N4C3)cc(-c3ccccc3)nc2c1. The van der Waals surface area contributed by atoms with Gasteiger partial charge in [0, 0.05) is 41.1 Å². The van der Waals surface area contributed by atoms with Gasteiger partial charge in [0.25, 0.3) is 5.91 Å². The lowest BCUT2D eigenvalue weighted by Gasteiger charge is -2.30. The fraction of sp³-hybridized carbons (Fsp3) is 0.409. The second-order valence-electron chi connectivity index (χ2n) is 16.2. The summed E-state index contributed by atoms with van der Waals surface area (Å²) in [5, 5.41) is 6.89. The zero-order valence-corrected chi connectivity index (χ0v) is 33.4. The van der Waals surface area contributed by atoms with Crippen LogP contribution in [0.5, 0.6) is 11.5 Å². The van der Waals surface area contributed by atoms with Crippen molar-refractivity contribution in [2.24, 2.45) is 5.92 Å². The number of anilines is 1. The van der Waals surface area contributed by atoms with Crippen LogP contribution in [0.15, 0.2) is 91.0 Å². The third kappa shape index (κ3) is 7.98. The standard InChI is InChI=1S/C44H48FN5O7S/c1-43(20-21-43)58(54,55)49-42(53)44-26-29(44)14-9-4-3-5-10-17-35(46-31-16-11-15-30(45)22-31)41(52)50-27-33(24-38(50)40(51)48-44)57-39-25-36(28-12-7-6-8-13-28)47-37-23-32(56-2)18-19-34(37)39/h6-9,11-16,18-19,22-23,25,29,33,35,38,46H,3-5,10,17,20-21,24,26-27H2,1-2H3,(H,48,51)(H,49,53)/t29-,33-,35+,38+,44-/m1/s1. The molecule has 0 radical (unpaired) electrons. The van der Waals surface area contributed by atoms with Gasteiger partial charge in [0.05, 0.1) is 29.6 Å². The Bertz CT molecular complexity index is 2370. The minimum atomic E-state index is -3.99.